The number of halogens is 4. The summed E-state index contributed by atoms with van der Waals surface area (Å²) in [7, 11) is -7.31. The highest BCUT2D eigenvalue weighted by Crippen LogP contribution is 2.31. The van der Waals surface area contributed by atoms with Gasteiger partial charge < -0.3 is 0 Å². The van der Waals surface area contributed by atoms with Crippen molar-refractivity contribution in [1.29, 1.82) is 0 Å². The van der Waals surface area contributed by atoms with Gasteiger partial charge in [-0.1, -0.05) is 42.8 Å². The molecule has 0 spiro atoms. The fourth-order valence-electron chi connectivity index (χ4n) is 4.33. The smallest absolute Gasteiger partial charge is 0.236 e. The molecule has 0 atom stereocenters. The van der Waals surface area contributed by atoms with Crippen LogP contribution in [-0.2, 0) is 20.0 Å². The molecule has 233 valence electrons. The Kier molecular flexibility index (Phi) is 12.2. The number of hydrogen-bond acceptors (Lipinski definition) is 6. The van der Waals surface area contributed by atoms with E-state index in [1.807, 2.05) is 26.0 Å². The molecular weight excluding hydrogens is 969 g/mol. The average molecular weight is 995 g/mol. The van der Waals surface area contributed by atoms with E-state index in [0.717, 1.165) is 38.0 Å². The van der Waals surface area contributed by atoms with Crippen molar-refractivity contribution in [2.45, 2.75) is 38.0 Å². The standard InChI is InChI=1S/C15H12BrIN2O2S.C14H10BrIN2O2S.CH4.B/c1-9-3-5-12(6-4-9)22(20,21)19-10(2)14(17)13-7-11(16)8-18-15(13)19;1-9-2-4-11(5-3-9)21(19,20)18-8-13(16)12-6-10(15)7-17-14(12)18;;/h3-8H,1-2H3;2-8H,1H3;1H4;. The molecule has 4 aromatic heterocycles. The van der Waals surface area contributed by atoms with Crippen LogP contribution in [0.4, 0.5) is 0 Å². The van der Waals surface area contributed by atoms with Gasteiger partial charge in [0.15, 0.2) is 11.3 Å². The molecule has 6 aromatic rings. The second-order valence-corrected chi connectivity index (χ2v) is 17.3. The zero-order valence-corrected chi connectivity index (χ0v) is 32.5. The largest absolute Gasteiger partial charge is 0.269 e. The molecule has 0 aliphatic rings. The van der Waals surface area contributed by atoms with Gasteiger partial charge in [0, 0.05) is 59.6 Å². The molecule has 3 radical (unpaired) electrons. The van der Waals surface area contributed by atoms with Crippen LogP contribution in [-0.4, -0.2) is 43.2 Å². The van der Waals surface area contributed by atoms with Crippen LogP contribution in [0.5, 0.6) is 0 Å². The van der Waals surface area contributed by atoms with Crippen molar-refractivity contribution in [1.82, 2.24) is 17.9 Å². The van der Waals surface area contributed by atoms with E-state index in [1.54, 1.807) is 74.0 Å². The number of fused-ring (bicyclic) bond motifs is 2. The summed E-state index contributed by atoms with van der Waals surface area (Å²) in [6.07, 6.45) is 4.80. The number of hydrogen-bond donors (Lipinski definition) is 0. The van der Waals surface area contributed by atoms with Gasteiger partial charge in [0.1, 0.15) is 0 Å². The first kappa shape index (κ1) is 37.7. The Bertz CT molecular complexity index is 2240. The highest BCUT2D eigenvalue weighted by molar-refractivity contribution is 14.1. The third-order valence-electron chi connectivity index (χ3n) is 6.55. The van der Waals surface area contributed by atoms with E-state index in [1.165, 1.54) is 7.94 Å². The van der Waals surface area contributed by atoms with Gasteiger partial charge in [-0.15, -0.1) is 0 Å². The van der Waals surface area contributed by atoms with E-state index in [9.17, 15) is 16.8 Å². The zero-order chi connectivity index (χ0) is 31.3. The lowest BCUT2D eigenvalue weighted by molar-refractivity contribution is 0.586. The second-order valence-electron chi connectivity index (χ2n) is 9.62. The molecule has 0 fully saturated rings. The van der Waals surface area contributed by atoms with Gasteiger partial charge >= 0.3 is 0 Å². The molecule has 15 heteroatoms. The molecule has 0 saturated carbocycles. The van der Waals surface area contributed by atoms with Gasteiger partial charge in [0.2, 0.25) is 0 Å². The maximum atomic E-state index is 13.0. The summed E-state index contributed by atoms with van der Waals surface area (Å²) < 4.78 is 57.4. The first-order chi connectivity index (χ1) is 20.2. The fraction of sp³-hybridized carbons (Fsp3) is 0.133. The van der Waals surface area contributed by atoms with Crippen LogP contribution in [0.3, 0.4) is 0 Å². The zero-order valence-electron chi connectivity index (χ0n) is 23.3. The Morgan fingerprint density at radius 2 is 1.13 bits per heavy atom. The van der Waals surface area contributed by atoms with Gasteiger partial charge in [-0.2, -0.15) is 0 Å². The minimum atomic E-state index is -3.67. The summed E-state index contributed by atoms with van der Waals surface area (Å²) >= 11 is 11.0. The van der Waals surface area contributed by atoms with E-state index in [2.05, 4.69) is 87.0 Å². The highest BCUT2D eigenvalue weighted by atomic mass is 127. The summed E-state index contributed by atoms with van der Waals surface area (Å²) in [4.78, 5) is 9.07. The molecule has 0 amide bonds. The van der Waals surface area contributed by atoms with Crippen LogP contribution in [0.25, 0.3) is 22.1 Å². The predicted molar refractivity (Wildman–Crippen MR) is 205 cm³/mol. The molecule has 0 aliphatic heterocycles. The third-order valence-corrected chi connectivity index (χ3v) is 13.1. The van der Waals surface area contributed by atoms with E-state index in [4.69, 9.17) is 0 Å². The molecule has 0 unspecified atom stereocenters. The Morgan fingerprint density at radius 3 is 1.64 bits per heavy atom. The van der Waals surface area contributed by atoms with Crippen molar-refractivity contribution >= 4 is 128 Å². The number of benzene rings is 2. The van der Waals surface area contributed by atoms with Gasteiger partial charge in [0.25, 0.3) is 20.0 Å². The SMILES string of the molecule is C.Cc1ccc(S(=O)(=O)n2c(C)c(I)c3cc(Br)cnc32)cc1.Cc1ccc(S(=O)(=O)n2cc(I)c3cc(Br)cnc32)cc1.[B]. The summed E-state index contributed by atoms with van der Waals surface area (Å²) in [5.41, 5.74) is 3.59. The quantitative estimate of drug-likeness (QED) is 0.130. The highest BCUT2D eigenvalue weighted by Gasteiger charge is 2.25. The van der Waals surface area contributed by atoms with E-state index in [0.29, 0.717) is 17.0 Å². The van der Waals surface area contributed by atoms with E-state index >= 15 is 0 Å². The van der Waals surface area contributed by atoms with Crippen LogP contribution in [0, 0.1) is 27.9 Å². The summed E-state index contributed by atoms with van der Waals surface area (Å²) in [5.74, 6) is 0. The van der Waals surface area contributed by atoms with E-state index < -0.39 is 20.0 Å². The third kappa shape index (κ3) is 7.37. The molecule has 0 saturated heterocycles. The maximum absolute atomic E-state index is 13.0. The van der Waals surface area contributed by atoms with Crippen molar-refractivity contribution < 1.29 is 16.8 Å². The lowest BCUT2D eigenvalue weighted by Gasteiger charge is -2.09. The topological polar surface area (TPSA) is 104 Å². The Morgan fingerprint density at radius 1 is 0.689 bits per heavy atom. The van der Waals surface area contributed by atoms with Crippen molar-refractivity contribution in [3.05, 3.63) is 112 Å². The molecule has 6 rings (SSSR count). The number of pyridine rings is 2. The predicted octanol–water partition coefficient (Wildman–Crippen LogP) is 8.46. The number of aryl methyl sites for hydroxylation is 2. The fourth-order valence-corrected chi connectivity index (χ4v) is 9.50. The molecule has 0 bridgehead atoms. The van der Waals surface area contributed by atoms with Gasteiger partial charge in [-0.05, 0) is 134 Å². The Labute approximate surface area is 309 Å². The number of rotatable bonds is 4. The van der Waals surface area contributed by atoms with Crippen LogP contribution in [0.2, 0.25) is 0 Å². The van der Waals surface area contributed by atoms with Crippen molar-refractivity contribution in [3.8, 4) is 0 Å². The Hall–Kier alpha value is -1.80. The molecule has 45 heavy (non-hydrogen) atoms. The average Bonchev–Trinajstić information content (AvgIpc) is 3.43. The van der Waals surface area contributed by atoms with Crippen LogP contribution < -0.4 is 0 Å². The lowest BCUT2D eigenvalue weighted by atomic mass is 10.2. The molecule has 2 aromatic carbocycles. The number of aromatic nitrogens is 4. The van der Waals surface area contributed by atoms with Crippen molar-refractivity contribution in [3.63, 3.8) is 0 Å². The van der Waals surface area contributed by atoms with E-state index in [-0.39, 0.29) is 25.6 Å². The Balaban J connectivity index is 0.000000235. The van der Waals surface area contributed by atoms with Crippen LogP contribution in [0.1, 0.15) is 24.2 Å². The second kappa shape index (κ2) is 14.5. The summed E-state index contributed by atoms with van der Waals surface area (Å²) in [6.45, 7) is 5.64. The molecule has 0 aliphatic carbocycles. The summed E-state index contributed by atoms with van der Waals surface area (Å²) in [6, 6.07) is 17.4. The molecule has 8 nitrogen and oxygen atoms in total. The molecule has 0 N–H and O–H groups in total. The van der Waals surface area contributed by atoms with Crippen LogP contribution >= 0.6 is 77.0 Å². The van der Waals surface area contributed by atoms with Gasteiger partial charge in [-0.3, -0.25) is 0 Å². The molecular formula is C30H26BBr2I2N4O4S2. The van der Waals surface area contributed by atoms with Gasteiger partial charge in [0.05, 0.1) is 9.79 Å². The molecule has 4 heterocycles. The first-order valence-electron chi connectivity index (χ1n) is 12.5. The van der Waals surface area contributed by atoms with Gasteiger partial charge in [-0.25, -0.2) is 34.7 Å². The summed E-state index contributed by atoms with van der Waals surface area (Å²) in [5, 5.41) is 1.63. The monoisotopic (exact) mass is 993 g/mol. The normalized spacial score (nSPS) is 11.4. The lowest BCUT2D eigenvalue weighted by Crippen LogP contribution is -2.15. The van der Waals surface area contributed by atoms with Crippen LogP contribution in [0.15, 0.2) is 98.0 Å². The first-order valence-corrected chi connectivity index (χ1v) is 19.1. The minimum absolute atomic E-state index is 0. The van der Waals surface area contributed by atoms with Crippen molar-refractivity contribution in [2.24, 2.45) is 0 Å². The maximum Gasteiger partial charge on any atom is 0.269 e. The minimum Gasteiger partial charge on any atom is -0.236 e. The van der Waals surface area contributed by atoms with Crippen molar-refractivity contribution in [2.75, 3.05) is 0 Å². The number of nitrogens with zero attached hydrogens (tertiary/aromatic N) is 4.